The maximum Gasteiger partial charge on any atom is 0.306 e. The number of aliphatic hydroxyl groups excluding tert-OH is 1. The molecule has 0 fully saturated rings. The van der Waals surface area contributed by atoms with Crippen LogP contribution in [-0.2, 0) is 14.3 Å². The van der Waals surface area contributed by atoms with Crippen LogP contribution in [0.3, 0.4) is 0 Å². The zero-order valence-electron chi connectivity index (χ0n) is 23.7. The number of hydrogen-bond donors (Lipinski definition) is 1. The van der Waals surface area contributed by atoms with Crippen molar-refractivity contribution in [3.8, 4) is 34.5 Å². The Hall–Kier alpha value is -4.12. The van der Waals surface area contributed by atoms with E-state index in [4.69, 9.17) is 44.8 Å². The normalized spacial score (nSPS) is 20.3. The van der Waals surface area contributed by atoms with E-state index in [0.29, 0.717) is 11.3 Å². The molecular formula is C29H31ClO11. The highest BCUT2D eigenvalue weighted by molar-refractivity contribution is 6.35. The van der Waals surface area contributed by atoms with Crippen LogP contribution < -0.4 is 28.4 Å². The van der Waals surface area contributed by atoms with Crippen molar-refractivity contribution in [3.63, 3.8) is 0 Å². The minimum absolute atomic E-state index is 0.000328. The van der Waals surface area contributed by atoms with E-state index in [2.05, 4.69) is 0 Å². The number of fused-ring (bicyclic) bond motifs is 1. The summed E-state index contributed by atoms with van der Waals surface area (Å²) in [6, 6.07) is 4.52. The average Bonchev–Trinajstić information content (AvgIpc) is 3.29. The van der Waals surface area contributed by atoms with Gasteiger partial charge in [0.25, 0.3) is 0 Å². The topological polar surface area (TPSA) is 136 Å². The van der Waals surface area contributed by atoms with Gasteiger partial charge in [-0.3, -0.25) is 14.4 Å². The highest BCUT2D eigenvalue weighted by Crippen LogP contribution is 2.56. The quantitative estimate of drug-likeness (QED) is 0.414. The number of halogens is 1. The Morgan fingerprint density at radius 3 is 2.07 bits per heavy atom. The fourth-order valence-electron chi connectivity index (χ4n) is 5.48. The van der Waals surface area contributed by atoms with Gasteiger partial charge in [0, 0.05) is 41.5 Å². The van der Waals surface area contributed by atoms with Gasteiger partial charge >= 0.3 is 5.97 Å². The van der Waals surface area contributed by atoms with E-state index in [1.807, 2.05) is 0 Å². The number of ketones is 2. The number of hydrogen-bond acceptors (Lipinski definition) is 11. The van der Waals surface area contributed by atoms with Gasteiger partial charge < -0.3 is 38.3 Å². The van der Waals surface area contributed by atoms with Gasteiger partial charge in [0.15, 0.2) is 28.8 Å². The molecule has 41 heavy (non-hydrogen) atoms. The van der Waals surface area contributed by atoms with Crippen LogP contribution in [0.15, 0.2) is 29.5 Å². The number of esters is 1. The maximum absolute atomic E-state index is 14.2. The molecular weight excluding hydrogens is 560 g/mol. The van der Waals surface area contributed by atoms with E-state index in [9.17, 15) is 19.5 Å². The van der Waals surface area contributed by atoms with Crippen molar-refractivity contribution in [2.24, 2.45) is 5.92 Å². The first-order chi connectivity index (χ1) is 19.5. The maximum atomic E-state index is 14.2. The van der Waals surface area contributed by atoms with Gasteiger partial charge in [-0.05, 0) is 6.07 Å². The lowest BCUT2D eigenvalue weighted by Crippen LogP contribution is -2.53. The Balaban J connectivity index is 2.01. The van der Waals surface area contributed by atoms with Crippen molar-refractivity contribution in [3.05, 3.63) is 45.7 Å². The van der Waals surface area contributed by atoms with Crippen molar-refractivity contribution in [1.82, 2.24) is 0 Å². The van der Waals surface area contributed by atoms with Gasteiger partial charge in [0.05, 0.1) is 49.1 Å². The van der Waals surface area contributed by atoms with Crippen LogP contribution in [0.1, 0.15) is 41.6 Å². The molecule has 1 aliphatic heterocycles. The molecule has 0 bridgehead atoms. The van der Waals surface area contributed by atoms with Crippen molar-refractivity contribution in [2.75, 3.05) is 42.7 Å². The van der Waals surface area contributed by atoms with Crippen LogP contribution in [0.4, 0.5) is 0 Å². The minimum atomic E-state index is -2.03. The second kappa shape index (κ2) is 11.4. The molecule has 220 valence electrons. The Morgan fingerprint density at radius 2 is 1.51 bits per heavy atom. The van der Waals surface area contributed by atoms with Crippen molar-refractivity contribution >= 4 is 29.1 Å². The number of ether oxygens (including phenoxy) is 7. The second-order valence-electron chi connectivity index (χ2n) is 9.54. The average molecular weight is 591 g/mol. The third-order valence-electron chi connectivity index (χ3n) is 7.57. The second-order valence-corrected chi connectivity index (χ2v) is 9.92. The predicted molar refractivity (Wildman–Crippen MR) is 146 cm³/mol. The number of methoxy groups -OCH3 is 6. The number of carbonyl (C=O) groups excluding carboxylic acids is 3. The highest BCUT2D eigenvalue weighted by Gasteiger charge is 2.61. The lowest BCUT2D eigenvalue weighted by Gasteiger charge is -2.38. The zero-order chi connectivity index (χ0) is 30.2. The molecule has 3 atom stereocenters. The lowest BCUT2D eigenvalue weighted by atomic mass is 9.69. The fraction of sp³-hybridized carbons (Fsp3) is 0.414. The number of rotatable bonds is 9. The number of aliphatic hydroxyl groups is 1. The third kappa shape index (κ3) is 4.57. The molecule has 0 radical (unpaired) electrons. The molecule has 1 N–H and O–H groups in total. The highest BCUT2D eigenvalue weighted by atomic mass is 35.5. The van der Waals surface area contributed by atoms with Crippen molar-refractivity contribution < 1.29 is 52.6 Å². The summed E-state index contributed by atoms with van der Waals surface area (Å²) in [6.45, 7) is 1.61. The minimum Gasteiger partial charge on any atom is -0.507 e. The molecule has 1 heterocycles. The number of benzene rings is 2. The van der Waals surface area contributed by atoms with E-state index < -0.39 is 40.7 Å². The van der Waals surface area contributed by atoms with Gasteiger partial charge in [-0.2, -0.15) is 0 Å². The molecule has 0 aromatic heterocycles. The van der Waals surface area contributed by atoms with Crippen LogP contribution in [0, 0.1) is 5.92 Å². The summed E-state index contributed by atoms with van der Waals surface area (Å²) in [5, 5.41) is 11.9. The van der Waals surface area contributed by atoms with Gasteiger partial charge in [-0.15, -0.1) is 0 Å². The summed E-state index contributed by atoms with van der Waals surface area (Å²) >= 11 is 6.53. The van der Waals surface area contributed by atoms with Crippen LogP contribution in [0.2, 0.25) is 5.02 Å². The molecule has 2 aliphatic rings. The molecule has 11 nitrogen and oxygen atoms in total. The molecule has 0 saturated carbocycles. The van der Waals surface area contributed by atoms with E-state index in [0.717, 1.165) is 0 Å². The molecule has 2 aromatic rings. The number of allylic oxidation sites excluding steroid dienone is 1. The Morgan fingerprint density at radius 1 is 0.951 bits per heavy atom. The Kier molecular flexibility index (Phi) is 8.30. The fourth-order valence-corrected chi connectivity index (χ4v) is 5.75. The first kappa shape index (κ1) is 29.9. The first-order valence-corrected chi connectivity index (χ1v) is 12.9. The molecule has 12 heteroatoms. The third-order valence-corrected chi connectivity index (χ3v) is 7.93. The predicted octanol–water partition coefficient (Wildman–Crippen LogP) is 4.46. The number of carbonyl (C=O) groups is 3. The summed E-state index contributed by atoms with van der Waals surface area (Å²) in [5.41, 5.74) is -1.93. The smallest absolute Gasteiger partial charge is 0.306 e. The summed E-state index contributed by atoms with van der Waals surface area (Å²) in [4.78, 5) is 40.5. The van der Waals surface area contributed by atoms with Gasteiger partial charge in [-0.1, -0.05) is 18.5 Å². The molecule has 1 aliphatic carbocycles. The summed E-state index contributed by atoms with van der Waals surface area (Å²) in [5.74, 6) is -3.29. The Bertz CT molecular complexity index is 1450. The van der Waals surface area contributed by atoms with E-state index in [1.54, 1.807) is 13.0 Å². The molecule has 0 amide bonds. The largest absolute Gasteiger partial charge is 0.507 e. The monoisotopic (exact) mass is 590 g/mol. The van der Waals surface area contributed by atoms with E-state index >= 15 is 0 Å². The first-order valence-electron chi connectivity index (χ1n) is 12.6. The SMILES string of the molecule is COC(=O)CC(C1=C(O)[C@@]2(Oc3c(Cl)c(OC)cc(OC)c3C2=O)[C@H](C)CC1=O)c1cc(OC)c(OC)cc1OC. The summed E-state index contributed by atoms with van der Waals surface area (Å²) < 4.78 is 38.3. The zero-order valence-corrected chi connectivity index (χ0v) is 24.5. The Labute approximate surface area is 241 Å². The molecule has 1 spiro atoms. The van der Waals surface area contributed by atoms with Crippen LogP contribution in [0.25, 0.3) is 0 Å². The summed E-state index contributed by atoms with van der Waals surface area (Å²) in [7, 11) is 8.24. The van der Waals surface area contributed by atoms with Crippen LogP contribution >= 0.6 is 11.6 Å². The number of Topliss-reactive ketones (excluding diaryl/α,β-unsaturated/α-hetero) is 2. The van der Waals surface area contributed by atoms with Crippen molar-refractivity contribution in [2.45, 2.75) is 31.3 Å². The van der Waals surface area contributed by atoms with Crippen LogP contribution in [-0.4, -0.2) is 70.9 Å². The standard InChI is InChI=1S/C29H31ClO11/c1-13-8-16(31)23(15(10-22(32)40-7)14-9-18(36-3)19(37-4)11-17(14)35-2)27(33)29(13)28(34)24-20(38-5)12-21(39-6)25(30)26(24)41-29/h9,11-13,15,33H,8,10H2,1-7H3/t13-,15?,29+/m1/s1. The van der Waals surface area contributed by atoms with Crippen molar-refractivity contribution in [1.29, 1.82) is 0 Å². The molecule has 4 rings (SSSR count). The summed E-state index contributed by atoms with van der Waals surface area (Å²) in [6.07, 6.45) is -0.569. The molecule has 0 saturated heterocycles. The van der Waals surface area contributed by atoms with E-state index in [-0.39, 0.29) is 57.7 Å². The lowest BCUT2D eigenvalue weighted by molar-refractivity contribution is -0.140. The van der Waals surface area contributed by atoms with Gasteiger partial charge in [0.2, 0.25) is 11.4 Å². The van der Waals surface area contributed by atoms with Gasteiger partial charge in [0.1, 0.15) is 27.8 Å². The molecule has 1 unspecified atom stereocenters. The molecule has 2 aromatic carbocycles. The van der Waals surface area contributed by atoms with E-state index in [1.165, 1.54) is 54.8 Å². The van der Waals surface area contributed by atoms with Gasteiger partial charge in [-0.25, -0.2) is 0 Å². The van der Waals surface area contributed by atoms with Crippen LogP contribution in [0.5, 0.6) is 34.5 Å².